The van der Waals surface area contributed by atoms with E-state index >= 15 is 0 Å². The molecule has 0 aliphatic heterocycles. The number of alkyl halides is 3. The number of rotatable bonds is 5. The van der Waals surface area contributed by atoms with Gasteiger partial charge in [-0.05, 0) is 46.5 Å². The van der Waals surface area contributed by atoms with Crippen LogP contribution in [0, 0.1) is 5.82 Å². The average Bonchev–Trinajstić information content (AvgIpc) is 2.60. The smallest absolute Gasteiger partial charge is 0.376 e. The second kappa shape index (κ2) is 7.43. The molecule has 0 N–H and O–H groups in total. The second-order valence-corrected chi connectivity index (χ2v) is 7.81. The minimum absolute atomic E-state index is 0.122. The molecule has 0 bridgehead atoms. The predicted molar refractivity (Wildman–Crippen MR) is 98.9 cm³/mol. The fourth-order valence-electron chi connectivity index (χ4n) is 2.86. The Bertz CT molecular complexity index is 1120. The summed E-state index contributed by atoms with van der Waals surface area (Å²) in [6, 6.07) is 14.0. The van der Waals surface area contributed by atoms with E-state index in [1.807, 2.05) is 18.2 Å². The van der Waals surface area contributed by atoms with E-state index in [4.69, 9.17) is 0 Å². The largest absolute Gasteiger partial charge is 0.534 e. The molecule has 0 unspecified atom stereocenters. The summed E-state index contributed by atoms with van der Waals surface area (Å²) in [6.07, 6.45) is 1.97. The number of halogens is 4. The molecule has 8 heteroatoms. The molecule has 0 saturated carbocycles. The van der Waals surface area contributed by atoms with Gasteiger partial charge in [0.1, 0.15) is 11.6 Å². The molecule has 0 amide bonds. The van der Waals surface area contributed by atoms with Crippen LogP contribution in [0.25, 0.3) is 21.9 Å². The van der Waals surface area contributed by atoms with Crippen molar-refractivity contribution in [1.29, 1.82) is 0 Å². The molecule has 0 saturated heterocycles. The zero-order chi connectivity index (χ0) is 20.5. The molecule has 3 rings (SSSR count). The average molecular weight is 412 g/mol. The number of fused-ring (bicyclic) bond motifs is 1. The summed E-state index contributed by atoms with van der Waals surface area (Å²) in [4.78, 5) is 0. The monoisotopic (exact) mass is 412 g/mol. The third kappa shape index (κ3) is 4.11. The zero-order valence-electron chi connectivity index (χ0n) is 14.8. The predicted octanol–water partition coefficient (Wildman–Crippen LogP) is 5.83. The highest BCUT2D eigenvalue weighted by molar-refractivity contribution is 7.88. The van der Waals surface area contributed by atoms with Gasteiger partial charge < -0.3 is 4.18 Å². The SMILES string of the molecule is CCCc1ccc2cc(-c3ccc(OS(=O)(=O)C(F)(F)F)cc3F)ccc2c1. The van der Waals surface area contributed by atoms with Crippen molar-refractivity contribution in [3.8, 4) is 16.9 Å². The van der Waals surface area contributed by atoms with Gasteiger partial charge in [0.15, 0.2) is 0 Å². The van der Waals surface area contributed by atoms with Gasteiger partial charge in [-0.25, -0.2) is 4.39 Å². The van der Waals surface area contributed by atoms with Gasteiger partial charge in [0.25, 0.3) is 0 Å². The summed E-state index contributed by atoms with van der Waals surface area (Å²) in [5.41, 5.74) is -3.76. The normalized spacial score (nSPS) is 12.3. The van der Waals surface area contributed by atoms with Crippen molar-refractivity contribution in [2.45, 2.75) is 25.3 Å². The Balaban J connectivity index is 1.93. The Labute approximate surface area is 159 Å². The molecular weight excluding hydrogens is 396 g/mol. The molecule has 3 nitrogen and oxygen atoms in total. The van der Waals surface area contributed by atoms with E-state index in [1.165, 1.54) is 11.6 Å². The van der Waals surface area contributed by atoms with Crippen molar-refractivity contribution < 1.29 is 30.2 Å². The zero-order valence-corrected chi connectivity index (χ0v) is 15.6. The minimum atomic E-state index is -5.85. The molecule has 3 aromatic carbocycles. The molecule has 3 aromatic rings. The molecule has 0 aromatic heterocycles. The highest BCUT2D eigenvalue weighted by Gasteiger charge is 2.48. The van der Waals surface area contributed by atoms with Crippen LogP contribution in [0.3, 0.4) is 0 Å². The molecule has 0 aliphatic carbocycles. The molecule has 0 aliphatic rings. The van der Waals surface area contributed by atoms with Gasteiger partial charge in [-0.15, -0.1) is 0 Å². The van der Waals surface area contributed by atoms with Crippen molar-refractivity contribution in [3.05, 3.63) is 66.0 Å². The highest BCUT2D eigenvalue weighted by atomic mass is 32.2. The molecular formula is C20H16F4O3S. The van der Waals surface area contributed by atoms with Crippen molar-refractivity contribution in [1.82, 2.24) is 0 Å². The van der Waals surface area contributed by atoms with Crippen molar-refractivity contribution in [2.75, 3.05) is 0 Å². The molecule has 0 atom stereocenters. The summed E-state index contributed by atoms with van der Waals surface area (Å²) in [5, 5.41) is 1.88. The van der Waals surface area contributed by atoms with Gasteiger partial charge in [-0.3, -0.25) is 0 Å². The molecule has 0 fully saturated rings. The lowest BCUT2D eigenvalue weighted by Gasteiger charge is -2.11. The van der Waals surface area contributed by atoms with Gasteiger partial charge >= 0.3 is 15.6 Å². The van der Waals surface area contributed by atoms with Crippen molar-refractivity contribution >= 4 is 20.9 Å². The van der Waals surface area contributed by atoms with Crippen LogP contribution in [0.4, 0.5) is 17.6 Å². The lowest BCUT2D eigenvalue weighted by atomic mass is 9.98. The summed E-state index contributed by atoms with van der Waals surface area (Å²) >= 11 is 0. The third-order valence-corrected chi connectivity index (χ3v) is 5.16. The van der Waals surface area contributed by atoms with Crippen LogP contribution in [0.5, 0.6) is 5.75 Å². The van der Waals surface area contributed by atoms with Crippen LogP contribution in [0.15, 0.2) is 54.6 Å². The molecule has 148 valence electrons. The Kier molecular flexibility index (Phi) is 5.34. The molecule has 28 heavy (non-hydrogen) atoms. The fourth-order valence-corrected chi connectivity index (χ4v) is 3.31. The first-order valence-corrected chi connectivity index (χ1v) is 9.85. The van der Waals surface area contributed by atoms with Crippen LogP contribution in [-0.4, -0.2) is 13.9 Å². The molecule has 0 radical (unpaired) electrons. The first-order chi connectivity index (χ1) is 13.1. The van der Waals surface area contributed by atoms with E-state index in [2.05, 4.69) is 17.2 Å². The Morgan fingerprint density at radius 1 is 0.929 bits per heavy atom. The van der Waals surface area contributed by atoms with E-state index in [0.717, 1.165) is 29.7 Å². The Morgan fingerprint density at radius 3 is 2.25 bits per heavy atom. The Morgan fingerprint density at radius 2 is 1.61 bits per heavy atom. The first kappa shape index (κ1) is 20.1. The van der Waals surface area contributed by atoms with Gasteiger partial charge in [0, 0.05) is 11.6 Å². The van der Waals surface area contributed by atoms with Crippen LogP contribution < -0.4 is 4.18 Å². The van der Waals surface area contributed by atoms with Crippen LogP contribution in [-0.2, 0) is 16.5 Å². The summed E-state index contributed by atoms with van der Waals surface area (Å²) in [5.74, 6) is -1.64. The lowest BCUT2D eigenvalue weighted by Crippen LogP contribution is -2.28. The van der Waals surface area contributed by atoms with E-state index < -0.39 is 27.2 Å². The lowest BCUT2D eigenvalue weighted by molar-refractivity contribution is -0.0500. The third-order valence-electron chi connectivity index (χ3n) is 4.18. The number of hydrogen-bond donors (Lipinski definition) is 0. The van der Waals surface area contributed by atoms with E-state index in [-0.39, 0.29) is 5.56 Å². The summed E-state index contributed by atoms with van der Waals surface area (Å²) < 4.78 is 77.6. The fraction of sp³-hybridized carbons (Fsp3) is 0.200. The van der Waals surface area contributed by atoms with Gasteiger partial charge in [-0.2, -0.15) is 21.6 Å². The summed E-state index contributed by atoms with van der Waals surface area (Å²) in [7, 11) is -5.85. The van der Waals surface area contributed by atoms with Gasteiger partial charge in [-0.1, -0.05) is 43.7 Å². The Hall–Kier alpha value is -2.61. The van der Waals surface area contributed by atoms with Gasteiger partial charge in [0.2, 0.25) is 0 Å². The number of aryl methyl sites for hydroxylation is 1. The maximum absolute atomic E-state index is 14.4. The quantitative estimate of drug-likeness (QED) is 0.301. The van der Waals surface area contributed by atoms with Gasteiger partial charge in [0.05, 0.1) is 0 Å². The maximum Gasteiger partial charge on any atom is 0.534 e. The van der Waals surface area contributed by atoms with E-state index in [1.54, 1.807) is 12.1 Å². The van der Waals surface area contributed by atoms with Crippen LogP contribution >= 0.6 is 0 Å². The highest BCUT2D eigenvalue weighted by Crippen LogP contribution is 2.32. The van der Waals surface area contributed by atoms with Crippen molar-refractivity contribution in [3.63, 3.8) is 0 Å². The van der Waals surface area contributed by atoms with Crippen LogP contribution in [0.2, 0.25) is 0 Å². The second-order valence-electron chi connectivity index (χ2n) is 6.27. The first-order valence-electron chi connectivity index (χ1n) is 8.44. The summed E-state index contributed by atoms with van der Waals surface area (Å²) in [6.45, 7) is 2.09. The van der Waals surface area contributed by atoms with Crippen molar-refractivity contribution in [2.24, 2.45) is 0 Å². The molecule has 0 spiro atoms. The van der Waals surface area contributed by atoms with Crippen LogP contribution in [0.1, 0.15) is 18.9 Å². The maximum atomic E-state index is 14.4. The topological polar surface area (TPSA) is 43.4 Å². The minimum Gasteiger partial charge on any atom is -0.376 e. The molecule has 0 heterocycles. The number of benzene rings is 3. The van der Waals surface area contributed by atoms with E-state index in [9.17, 15) is 26.0 Å². The number of hydrogen-bond acceptors (Lipinski definition) is 3. The van der Waals surface area contributed by atoms with E-state index in [0.29, 0.717) is 11.6 Å². The standard InChI is InChI=1S/C20H16F4O3S/c1-2-3-13-4-5-15-11-16(7-6-14(15)10-13)18-9-8-17(12-19(18)21)27-28(25,26)20(22,23)24/h4-12H,2-3H2,1H3.